The SMILES string of the molecule is Fc1c(F)c(F)c([B-](c2c(F)c(F)c(F)c(F)c2F)(c2c(F)c(F)c(F)c(F)c2F)c2c(F)c(F)c(F)c(F)c2F)c(F)c1F.O=C(C[n+]1ccncc1C(F)(F)F)c1ccccc1. The normalized spacial score (nSPS) is 11.8. The topological polar surface area (TPSA) is 33.8 Å². The molecule has 338 valence electrons. The van der Waals surface area contributed by atoms with E-state index in [1.54, 1.807) is 30.3 Å². The first-order valence-electron chi connectivity index (χ1n) is 16.4. The van der Waals surface area contributed by atoms with Gasteiger partial charge in [-0.2, -0.15) is 17.7 Å². The minimum atomic E-state index is -7.22. The van der Waals surface area contributed by atoms with Gasteiger partial charge in [0.15, 0.2) is 76.0 Å². The number of benzene rings is 5. The number of ketones is 1. The zero-order valence-electron chi connectivity index (χ0n) is 29.9. The Kier molecular flexibility index (Phi) is 13.2. The van der Waals surface area contributed by atoms with Gasteiger partial charge in [-0.1, -0.05) is 30.3 Å². The van der Waals surface area contributed by atoms with Gasteiger partial charge in [0.05, 0.1) is 6.20 Å². The first-order valence-corrected chi connectivity index (χ1v) is 16.4. The van der Waals surface area contributed by atoms with Crippen LogP contribution in [0, 0.1) is 116 Å². The average molecular weight is 946 g/mol. The van der Waals surface area contributed by atoms with Gasteiger partial charge in [0.1, 0.15) is 58.9 Å². The number of hydrogen-bond donors (Lipinski definition) is 0. The minimum Gasteiger partial charge on any atom is -0.287 e. The van der Waals surface area contributed by atoms with Crippen molar-refractivity contribution in [1.82, 2.24) is 4.98 Å². The van der Waals surface area contributed by atoms with E-state index in [2.05, 4.69) is 4.98 Å². The summed E-state index contributed by atoms with van der Waals surface area (Å²) in [6.45, 7) is -0.374. The molecule has 0 aliphatic carbocycles. The number of carbonyl (C=O) groups excluding carboxylic acids is 1. The van der Waals surface area contributed by atoms with Gasteiger partial charge in [0.25, 0.3) is 0 Å². The van der Waals surface area contributed by atoms with E-state index in [-0.39, 0.29) is 12.3 Å². The van der Waals surface area contributed by atoms with Crippen LogP contribution in [0.1, 0.15) is 16.1 Å². The van der Waals surface area contributed by atoms with Gasteiger partial charge in [0.2, 0.25) is 12.3 Å². The lowest BCUT2D eigenvalue weighted by molar-refractivity contribution is -0.702. The number of carbonyl (C=O) groups is 1. The van der Waals surface area contributed by atoms with Crippen LogP contribution in [-0.2, 0) is 12.7 Å². The molecule has 3 nitrogen and oxygen atoms in total. The Morgan fingerprint density at radius 2 is 0.703 bits per heavy atom. The molecule has 0 aliphatic heterocycles. The highest BCUT2D eigenvalue weighted by molar-refractivity contribution is 7.20. The molecule has 6 aromatic rings. The van der Waals surface area contributed by atoms with Gasteiger partial charge in [-0.25, -0.2) is 87.8 Å². The van der Waals surface area contributed by atoms with Gasteiger partial charge in [-0.3, -0.25) is 9.78 Å². The molecule has 1 aromatic heterocycles. The maximum absolute atomic E-state index is 15.4. The Hall–Kier alpha value is -6.70. The summed E-state index contributed by atoms with van der Waals surface area (Å²) < 4.78 is 333. The first kappa shape index (κ1) is 48.3. The maximum Gasteiger partial charge on any atom is 0.479 e. The van der Waals surface area contributed by atoms with E-state index in [0.717, 1.165) is 10.8 Å². The van der Waals surface area contributed by atoms with E-state index in [9.17, 15) is 70.7 Å². The van der Waals surface area contributed by atoms with Gasteiger partial charge >= 0.3 is 11.9 Å². The maximum atomic E-state index is 15.4. The highest BCUT2D eigenvalue weighted by Gasteiger charge is 2.52. The summed E-state index contributed by atoms with van der Waals surface area (Å²) >= 11 is 0. The fraction of sp³-hybridized carbons (Fsp3) is 0.0541. The summed E-state index contributed by atoms with van der Waals surface area (Å²) in [5, 5.41) is 0. The second kappa shape index (κ2) is 17.5. The van der Waals surface area contributed by atoms with E-state index in [4.69, 9.17) is 0 Å². The smallest absolute Gasteiger partial charge is 0.287 e. The van der Waals surface area contributed by atoms with Crippen LogP contribution >= 0.6 is 0 Å². The van der Waals surface area contributed by atoms with E-state index < -0.39 is 156 Å². The Labute approximate surface area is 338 Å². The fourth-order valence-corrected chi connectivity index (χ4v) is 6.51. The third kappa shape index (κ3) is 7.62. The van der Waals surface area contributed by atoms with Crippen molar-refractivity contribution in [1.29, 1.82) is 0 Å². The number of aromatic nitrogens is 2. The summed E-state index contributed by atoms with van der Waals surface area (Å²) in [7, 11) is 0. The molecule has 0 saturated heterocycles. The van der Waals surface area contributed by atoms with Crippen molar-refractivity contribution in [2.45, 2.75) is 12.7 Å². The predicted molar refractivity (Wildman–Crippen MR) is 169 cm³/mol. The lowest BCUT2D eigenvalue weighted by atomic mass is 9.12. The Morgan fingerprint density at radius 3 is 0.969 bits per heavy atom. The number of rotatable bonds is 7. The molecule has 0 saturated carbocycles. The van der Waals surface area contributed by atoms with Crippen LogP contribution < -0.4 is 26.4 Å². The number of alkyl halides is 3. The third-order valence-electron chi connectivity index (χ3n) is 9.25. The lowest BCUT2D eigenvalue weighted by Gasteiger charge is -2.44. The second-order valence-corrected chi connectivity index (χ2v) is 12.7. The Bertz CT molecular complexity index is 2490. The van der Waals surface area contributed by atoms with Gasteiger partial charge < -0.3 is 0 Å². The number of Topliss-reactive ketones (excluding diaryl/α,β-unsaturated/α-hetero) is 1. The Balaban J connectivity index is 0.000000337. The summed E-state index contributed by atoms with van der Waals surface area (Å²) in [4.78, 5) is 15.3. The zero-order valence-corrected chi connectivity index (χ0v) is 29.9. The fourth-order valence-electron chi connectivity index (χ4n) is 6.51. The third-order valence-corrected chi connectivity index (χ3v) is 9.25. The van der Waals surface area contributed by atoms with Crippen molar-refractivity contribution in [2.24, 2.45) is 0 Å². The van der Waals surface area contributed by atoms with E-state index >= 15 is 35.1 Å². The molecule has 0 fully saturated rings. The predicted octanol–water partition coefficient (Wildman–Crippen LogP) is 8.12. The standard InChI is InChI=1S/C24BF20.C13H10F3N2O/c26-5-1(6(27)14(35)21(42)13(5)34)25(2-7(28)15(36)22(43)16(37)8(2)29,3-9(30)17(38)23(44)18(39)10(3)31)4-11(32)19(40)24(45)20(41)12(4)33;14-13(15,16)12-8-17-6-7-18(12)9-11(19)10-4-2-1-3-5-10/h;1-8H,9H2/q-1;+1. The number of nitrogens with zero attached hydrogens (tertiary/aromatic N) is 2. The van der Waals surface area contributed by atoms with E-state index in [0.29, 0.717) is 11.8 Å². The van der Waals surface area contributed by atoms with Crippen LogP contribution in [0.5, 0.6) is 0 Å². The molecule has 0 amide bonds. The Morgan fingerprint density at radius 1 is 0.438 bits per heavy atom. The molecule has 0 spiro atoms. The molecule has 0 aliphatic rings. The monoisotopic (exact) mass is 946 g/mol. The van der Waals surface area contributed by atoms with Crippen LogP contribution in [0.15, 0.2) is 48.9 Å². The average Bonchev–Trinajstić information content (AvgIpc) is 3.26. The molecule has 64 heavy (non-hydrogen) atoms. The molecule has 0 N–H and O–H groups in total. The quantitative estimate of drug-likeness (QED) is 0.0405. The minimum absolute atomic E-state index is 0.374. The van der Waals surface area contributed by atoms with Crippen LogP contribution in [0.25, 0.3) is 0 Å². The van der Waals surface area contributed by atoms with Crippen molar-refractivity contribution >= 4 is 33.8 Å². The van der Waals surface area contributed by atoms with Crippen LogP contribution in [-0.4, -0.2) is 16.9 Å². The second-order valence-electron chi connectivity index (χ2n) is 12.7. The largest absolute Gasteiger partial charge is 0.479 e. The van der Waals surface area contributed by atoms with Crippen molar-refractivity contribution in [3.63, 3.8) is 0 Å². The first-order chi connectivity index (χ1) is 29.7. The molecular formula is C37H10BF23N2O. The van der Waals surface area contributed by atoms with Crippen LogP contribution in [0.2, 0.25) is 0 Å². The summed E-state index contributed by atoms with van der Waals surface area (Å²) in [5.74, 6) is -71.8. The molecule has 5 aromatic carbocycles. The molecule has 27 heteroatoms. The summed E-state index contributed by atoms with van der Waals surface area (Å²) in [6, 6.07) is 8.19. The van der Waals surface area contributed by atoms with Crippen LogP contribution in [0.3, 0.4) is 0 Å². The van der Waals surface area contributed by atoms with E-state index in [1.807, 2.05) is 0 Å². The van der Waals surface area contributed by atoms with Crippen LogP contribution in [0.4, 0.5) is 101 Å². The molecular weight excluding hydrogens is 936 g/mol. The van der Waals surface area contributed by atoms with Crippen molar-refractivity contribution in [3.05, 3.63) is 177 Å². The highest BCUT2D eigenvalue weighted by Crippen LogP contribution is 2.31. The molecule has 0 atom stereocenters. The summed E-state index contributed by atoms with van der Waals surface area (Å²) in [5.41, 5.74) is -14.9. The van der Waals surface area contributed by atoms with Gasteiger partial charge in [-0.15, -0.1) is 21.9 Å². The van der Waals surface area contributed by atoms with Gasteiger partial charge in [0, 0.05) is 5.56 Å². The number of hydrogen-bond acceptors (Lipinski definition) is 2. The zero-order chi connectivity index (χ0) is 48.2. The van der Waals surface area contributed by atoms with Crippen molar-refractivity contribution in [2.75, 3.05) is 0 Å². The number of halogens is 23. The highest BCUT2D eigenvalue weighted by atomic mass is 19.4. The lowest BCUT2D eigenvalue weighted by Crippen LogP contribution is -2.81. The van der Waals surface area contributed by atoms with Crippen molar-refractivity contribution < 1.29 is 110 Å². The molecule has 0 unspecified atom stereocenters. The molecule has 6 rings (SSSR count). The van der Waals surface area contributed by atoms with Crippen molar-refractivity contribution in [3.8, 4) is 0 Å². The summed E-state index contributed by atoms with van der Waals surface area (Å²) in [6.07, 6.45) is -8.69. The molecule has 0 radical (unpaired) electrons. The molecule has 0 bridgehead atoms. The molecule has 1 heterocycles. The van der Waals surface area contributed by atoms with Gasteiger partial charge in [-0.05, 0) is 0 Å². The van der Waals surface area contributed by atoms with E-state index in [1.165, 1.54) is 6.20 Å².